The number of rotatable bonds is 8. The van der Waals surface area contributed by atoms with E-state index in [1.807, 2.05) is 0 Å². The lowest BCUT2D eigenvalue weighted by molar-refractivity contribution is -0.176. The average molecular weight is 509 g/mol. The molecule has 174 valence electrons. The first kappa shape index (κ1) is 24.3. The molecule has 0 radical (unpaired) electrons. The molecule has 0 spiro atoms. The first-order valence-corrected chi connectivity index (χ1v) is 12.4. The number of hydrogen-bond donors (Lipinski definition) is 6. The van der Waals surface area contributed by atoms with Crippen LogP contribution in [0.4, 0.5) is 10.2 Å². The molecule has 2 aromatic rings. The van der Waals surface area contributed by atoms with Gasteiger partial charge < -0.3 is 35.2 Å². The Bertz CT molecular complexity index is 1130. The summed E-state index contributed by atoms with van der Waals surface area (Å²) in [5.41, 5.74) is 5.87. The number of nitrogen functional groups attached to an aromatic ring is 1. The summed E-state index contributed by atoms with van der Waals surface area (Å²) >= 11 is 0. The molecule has 31 heavy (non-hydrogen) atoms. The van der Waals surface area contributed by atoms with E-state index >= 15 is 0 Å². The smallest absolute Gasteiger partial charge is 0.388 e. The summed E-state index contributed by atoms with van der Waals surface area (Å²) in [6.45, 7) is -1.39. The van der Waals surface area contributed by atoms with Crippen LogP contribution in [-0.4, -0.2) is 62.8 Å². The molecule has 0 bridgehead atoms. The summed E-state index contributed by atoms with van der Waals surface area (Å²) in [5.74, 6) is -2.89. The molecule has 5 unspecified atom stereocenters. The van der Waals surface area contributed by atoms with E-state index in [2.05, 4.69) is 28.1 Å². The Balaban J connectivity index is 1.70. The molecule has 17 nitrogen and oxygen atoms in total. The van der Waals surface area contributed by atoms with E-state index in [1.165, 1.54) is 0 Å². The fourth-order valence-corrected chi connectivity index (χ4v) is 5.68. The fourth-order valence-electron chi connectivity index (χ4n) is 2.63. The molecule has 2 aromatic heterocycles. The molecule has 21 heteroatoms. The number of alkyl halides is 1. The van der Waals surface area contributed by atoms with Gasteiger partial charge in [-0.3, -0.25) is 9.09 Å². The largest absolute Gasteiger partial charge is 0.490 e. The third-order valence-electron chi connectivity index (χ3n) is 3.70. The van der Waals surface area contributed by atoms with Gasteiger partial charge in [-0.05, 0) is 0 Å². The van der Waals surface area contributed by atoms with Crippen molar-refractivity contribution in [3.05, 3.63) is 12.7 Å². The summed E-state index contributed by atoms with van der Waals surface area (Å²) in [5, 5.41) is 10.2. The van der Waals surface area contributed by atoms with Gasteiger partial charge in [0.05, 0.1) is 6.33 Å². The first-order chi connectivity index (χ1) is 14.1. The Kier molecular flexibility index (Phi) is 6.41. The summed E-state index contributed by atoms with van der Waals surface area (Å²) in [6, 6.07) is 0. The summed E-state index contributed by atoms with van der Waals surface area (Å²) in [4.78, 5) is 47.0. The van der Waals surface area contributed by atoms with Gasteiger partial charge >= 0.3 is 23.5 Å². The monoisotopic (exact) mass is 509 g/mol. The number of nitrogens with zero attached hydrogens (tertiary/aromatic N) is 4. The Morgan fingerprint density at radius 2 is 1.87 bits per heavy atom. The second-order valence-corrected chi connectivity index (χ2v) is 10.5. The van der Waals surface area contributed by atoms with Crippen LogP contribution in [0.3, 0.4) is 0 Å². The lowest BCUT2D eigenvalue weighted by atomic mass is 10.2. The molecule has 3 heterocycles. The van der Waals surface area contributed by atoms with E-state index < -0.39 is 54.7 Å². The molecule has 5 atom stereocenters. The van der Waals surface area contributed by atoms with Crippen LogP contribution in [0.5, 0.6) is 0 Å². The zero-order chi connectivity index (χ0) is 23.2. The van der Waals surface area contributed by atoms with E-state index in [4.69, 9.17) is 25.2 Å². The predicted molar refractivity (Wildman–Crippen MR) is 94.1 cm³/mol. The summed E-state index contributed by atoms with van der Waals surface area (Å²) in [7, 11) is -16.9. The number of aromatic nitrogens is 4. The molecular weight excluding hydrogens is 494 g/mol. The second-order valence-electron chi connectivity index (χ2n) is 6.11. The highest BCUT2D eigenvalue weighted by molar-refractivity contribution is 7.66. The Morgan fingerprint density at radius 1 is 1.19 bits per heavy atom. The quantitative estimate of drug-likeness (QED) is 0.249. The third-order valence-corrected chi connectivity index (χ3v) is 7.48. The number of anilines is 1. The van der Waals surface area contributed by atoms with Gasteiger partial charge in [0.25, 0.3) is 0 Å². The molecular formula is C10H15FN5O12P3. The van der Waals surface area contributed by atoms with Gasteiger partial charge in [0.15, 0.2) is 17.7 Å². The Morgan fingerprint density at radius 3 is 2.52 bits per heavy atom. The number of aliphatic hydroxyl groups excluding tert-OH is 1. The molecule has 0 amide bonds. The van der Waals surface area contributed by atoms with Crippen molar-refractivity contribution in [1.82, 2.24) is 19.5 Å². The minimum absolute atomic E-state index is 0.00964. The number of imidazole rings is 1. The van der Waals surface area contributed by atoms with Gasteiger partial charge in [-0.1, -0.05) is 0 Å². The number of fused-ring (bicyclic) bond motifs is 1. The van der Waals surface area contributed by atoms with E-state index in [1.54, 1.807) is 0 Å². The van der Waals surface area contributed by atoms with Gasteiger partial charge in [0.2, 0.25) is 5.85 Å². The van der Waals surface area contributed by atoms with Crippen molar-refractivity contribution in [2.45, 2.75) is 24.6 Å². The fraction of sp³-hybridized carbons (Fsp3) is 0.500. The van der Waals surface area contributed by atoms with Crippen molar-refractivity contribution < 1.29 is 60.6 Å². The van der Waals surface area contributed by atoms with E-state index in [0.29, 0.717) is 0 Å². The van der Waals surface area contributed by atoms with Crippen LogP contribution in [0.2, 0.25) is 0 Å². The van der Waals surface area contributed by atoms with Crippen LogP contribution in [0.15, 0.2) is 12.7 Å². The predicted octanol–water partition coefficient (Wildman–Crippen LogP) is -0.303. The van der Waals surface area contributed by atoms with Crippen molar-refractivity contribution >= 4 is 40.4 Å². The molecule has 1 aliphatic rings. The van der Waals surface area contributed by atoms with Gasteiger partial charge in [0, 0.05) is 6.42 Å². The zero-order valence-corrected chi connectivity index (χ0v) is 17.6. The maximum atomic E-state index is 14.9. The average Bonchev–Trinajstić information content (AvgIpc) is 3.12. The highest BCUT2D eigenvalue weighted by Crippen LogP contribution is 2.66. The number of aliphatic hydroxyl groups is 1. The summed E-state index contributed by atoms with van der Waals surface area (Å²) in [6.07, 6.45) is -1.50. The van der Waals surface area contributed by atoms with Crippen molar-refractivity contribution in [3.8, 4) is 0 Å². The van der Waals surface area contributed by atoms with Crippen molar-refractivity contribution in [1.29, 1.82) is 0 Å². The first-order valence-electron chi connectivity index (χ1n) is 7.86. The third kappa shape index (κ3) is 5.90. The number of nitrogens with two attached hydrogens (primary N) is 1. The minimum Gasteiger partial charge on any atom is -0.388 e. The van der Waals surface area contributed by atoms with Crippen molar-refractivity contribution in [2.75, 3.05) is 12.3 Å². The van der Waals surface area contributed by atoms with Crippen molar-refractivity contribution in [2.24, 2.45) is 0 Å². The Hall–Kier alpha value is -1.39. The molecule has 7 N–H and O–H groups in total. The standard InChI is InChI=1S/C10H15FN5O12P3/c11-10(2-25-30(21,22)28-31(23,24)27-29(18,19)20)1-5(17)9(26-10)16-4-15-6-7(12)13-3-14-8(6)16/h3-5,9,17H,1-2H2,(H,21,22)(H,23,24)(H2,12,13,14)(H2,18,19,20). The number of halogens is 1. The van der Waals surface area contributed by atoms with Crippen LogP contribution in [0.25, 0.3) is 11.2 Å². The highest BCUT2D eigenvalue weighted by atomic mass is 31.3. The minimum atomic E-state index is -5.77. The second kappa shape index (κ2) is 8.19. The van der Waals surface area contributed by atoms with E-state index in [0.717, 1.165) is 17.2 Å². The van der Waals surface area contributed by atoms with Crippen LogP contribution in [0, 0.1) is 0 Å². The molecule has 1 aliphatic heterocycles. The lowest BCUT2D eigenvalue weighted by Crippen LogP contribution is -2.28. The molecule has 0 saturated carbocycles. The van der Waals surface area contributed by atoms with Gasteiger partial charge in [-0.25, -0.2) is 33.0 Å². The van der Waals surface area contributed by atoms with Crippen LogP contribution in [-0.2, 0) is 31.6 Å². The van der Waals surface area contributed by atoms with Crippen LogP contribution >= 0.6 is 23.5 Å². The van der Waals surface area contributed by atoms with Crippen LogP contribution < -0.4 is 5.73 Å². The van der Waals surface area contributed by atoms with Gasteiger partial charge in [-0.15, -0.1) is 0 Å². The van der Waals surface area contributed by atoms with Crippen LogP contribution in [0.1, 0.15) is 12.6 Å². The molecule has 3 rings (SSSR count). The topological polar surface area (TPSA) is 259 Å². The van der Waals surface area contributed by atoms with E-state index in [9.17, 15) is 28.1 Å². The number of phosphoric ester groups is 1. The highest BCUT2D eigenvalue weighted by Gasteiger charge is 2.50. The lowest BCUT2D eigenvalue weighted by Gasteiger charge is -2.22. The molecule has 0 aromatic carbocycles. The molecule has 1 fully saturated rings. The summed E-state index contributed by atoms with van der Waals surface area (Å²) < 4.78 is 66.0. The van der Waals surface area contributed by atoms with Gasteiger partial charge in [0.1, 0.15) is 24.6 Å². The van der Waals surface area contributed by atoms with Gasteiger partial charge in [-0.2, -0.15) is 8.62 Å². The Labute approximate surface area is 171 Å². The van der Waals surface area contributed by atoms with E-state index in [-0.39, 0.29) is 17.0 Å². The molecule has 0 aliphatic carbocycles. The number of hydrogen-bond acceptors (Lipinski definition) is 12. The normalized spacial score (nSPS) is 28.5. The SMILES string of the molecule is Nc1ncnc2c1ncn2C1OC(F)(COP(=O)(O)OP(=O)(O)OP(=O)(O)O)CC1O. The maximum Gasteiger partial charge on any atom is 0.490 e. The zero-order valence-electron chi connectivity index (χ0n) is 14.9. The molecule has 1 saturated heterocycles. The number of phosphoric acid groups is 3. The van der Waals surface area contributed by atoms with Crippen molar-refractivity contribution in [3.63, 3.8) is 0 Å². The maximum absolute atomic E-state index is 14.9. The number of ether oxygens (including phenoxy) is 1.